The summed E-state index contributed by atoms with van der Waals surface area (Å²) in [7, 11) is 1.34. The highest BCUT2D eigenvalue weighted by Crippen LogP contribution is 2.08. The minimum atomic E-state index is -0.514. The Hall–Kier alpha value is -1.06. The summed E-state index contributed by atoms with van der Waals surface area (Å²) in [5.41, 5.74) is 0. The van der Waals surface area contributed by atoms with Crippen LogP contribution in [-0.2, 0) is 14.3 Å². The van der Waals surface area contributed by atoms with E-state index < -0.39 is 6.04 Å². The van der Waals surface area contributed by atoms with Crippen molar-refractivity contribution in [1.29, 1.82) is 0 Å². The van der Waals surface area contributed by atoms with E-state index in [0.717, 1.165) is 6.42 Å². The predicted octanol–water partition coefficient (Wildman–Crippen LogP) is 2.13. The first-order chi connectivity index (χ1) is 7.86. The number of rotatable bonds is 7. The van der Waals surface area contributed by atoms with Crippen LogP contribution in [0.5, 0.6) is 0 Å². The minimum Gasteiger partial charge on any atom is -0.467 e. The van der Waals surface area contributed by atoms with Gasteiger partial charge in [0.25, 0.3) is 0 Å². The number of hydrogen-bond acceptors (Lipinski definition) is 3. The van der Waals surface area contributed by atoms with Gasteiger partial charge < -0.3 is 10.1 Å². The van der Waals surface area contributed by atoms with Gasteiger partial charge in [0.1, 0.15) is 6.04 Å². The quantitative estimate of drug-likeness (QED) is 0.697. The fourth-order valence-electron chi connectivity index (χ4n) is 1.51. The molecule has 1 amide bonds. The summed E-state index contributed by atoms with van der Waals surface area (Å²) in [5.74, 6) is 0.387. The molecule has 1 atom stereocenters. The van der Waals surface area contributed by atoms with E-state index >= 15 is 0 Å². The molecule has 0 aromatic carbocycles. The van der Waals surface area contributed by atoms with E-state index in [1.807, 2.05) is 13.8 Å². The molecule has 0 radical (unpaired) electrons. The summed E-state index contributed by atoms with van der Waals surface area (Å²) in [5, 5.41) is 2.74. The highest BCUT2D eigenvalue weighted by Gasteiger charge is 2.22. The number of hydrogen-bond donors (Lipinski definition) is 1. The van der Waals surface area contributed by atoms with Gasteiger partial charge in [0.15, 0.2) is 0 Å². The van der Waals surface area contributed by atoms with Crippen molar-refractivity contribution in [3.05, 3.63) is 0 Å². The Labute approximate surface area is 104 Å². The Bertz CT molecular complexity index is 249. The smallest absolute Gasteiger partial charge is 0.328 e. The van der Waals surface area contributed by atoms with Crippen LogP contribution in [0.15, 0.2) is 0 Å². The molecule has 0 heterocycles. The van der Waals surface area contributed by atoms with Crippen LogP contribution in [0, 0.1) is 11.8 Å². The molecule has 100 valence electrons. The van der Waals surface area contributed by atoms with Gasteiger partial charge in [-0.2, -0.15) is 0 Å². The Morgan fingerprint density at radius 1 is 1.12 bits per heavy atom. The molecule has 0 aliphatic rings. The minimum absolute atomic E-state index is 0.0743. The molecule has 17 heavy (non-hydrogen) atoms. The zero-order valence-electron chi connectivity index (χ0n) is 11.6. The monoisotopic (exact) mass is 243 g/mol. The molecule has 0 bridgehead atoms. The van der Waals surface area contributed by atoms with Crippen molar-refractivity contribution in [3.63, 3.8) is 0 Å². The molecule has 0 saturated heterocycles. The molecule has 4 nitrogen and oxygen atoms in total. The van der Waals surface area contributed by atoms with Crippen molar-refractivity contribution in [2.45, 2.75) is 53.0 Å². The Kier molecular flexibility index (Phi) is 7.59. The molecule has 0 spiro atoms. The first-order valence-corrected chi connectivity index (χ1v) is 6.24. The summed E-state index contributed by atoms with van der Waals surface area (Å²) in [6, 6.07) is -0.514. The predicted molar refractivity (Wildman–Crippen MR) is 67.5 cm³/mol. The van der Waals surface area contributed by atoms with Crippen LogP contribution in [0.4, 0.5) is 0 Å². The first kappa shape index (κ1) is 15.9. The molecular formula is C13H25NO3. The van der Waals surface area contributed by atoms with E-state index in [9.17, 15) is 9.59 Å². The number of nitrogens with one attached hydrogen (secondary N) is 1. The van der Waals surface area contributed by atoms with Gasteiger partial charge in [-0.15, -0.1) is 0 Å². The Balaban J connectivity index is 4.22. The number of carbonyl (C=O) groups is 2. The summed E-state index contributed by atoms with van der Waals surface area (Å²) >= 11 is 0. The van der Waals surface area contributed by atoms with Gasteiger partial charge >= 0.3 is 5.97 Å². The normalized spacial score (nSPS) is 12.6. The SMILES string of the molecule is COC(=O)C(CC(C)C)NC(=O)CCC(C)C. The number of amides is 1. The lowest BCUT2D eigenvalue weighted by Crippen LogP contribution is -2.42. The number of esters is 1. The molecule has 0 aromatic rings. The van der Waals surface area contributed by atoms with Crippen LogP contribution in [0.2, 0.25) is 0 Å². The third kappa shape index (κ3) is 7.77. The maximum absolute atomic E-state index is 11.6. The van der Waals surface area contributed by atoms with Crippen molar-refractivity contribution >= 4 is 11.9 Å². The Morgan fingerprint density at radius 2 is 1.71 bits per heavy atom. The third-order valence-corrected chi connectivity index (χ3v) is 2.48. The third-order valence-electron chi connectivity index (χ3n) is 2.48. The van der Waals surface area contributed by atoms with Crippen molar-refractivity contribution < 1.29 is 14.3 Å². The molecule has 0 fully saturated rings. The first-order valence-electron chi connectivity index (χ1n) is 6.24. The van der Waals surface area contributed by atoms with E-state index in [-0.39, 0.29) is 11.9 Å². The van der Waals surface area contributed by atoms with Crippen molar-refractivity contribution in [2.75, 3.05) is 7.11 Å². The average molecular weight is 243 g/mol. The van der Waals surface area contributed by atoms with Crippen molar-refractivity contribution in [3.8, 4) is 0 Å². The molecule has 0 aliphatic carbocycles. The van der Waals surface area contributed by atoms with Gasteiger partial charge in [-0.3, -0.25) is 4.79 Å². The van der Waals surface area contributed by atoms with E-state index in [1.54, 1.807) is 0 Å². The maximum atomic E-state index is 11.6. The molecule has 0 rings (SSSR count). The standard InChI is InChI=1S/C13H25NO3/c1-9(2)6-7-12(15)14-11(8-10(3)4)13(16)17-5/h9-11H,6-8H2,1-5H3,(H,14,15). The highest BCUT2D eigenvalue weighted by atomic mass is 16.5. The zero-order valence-corrected chi connectivity index (χ0v) is 11.6. The number of carbonyl (C=O) groups excluding carboxylic acids is 2. The lowest BCUT2D eigenvalue weighted by Gasteiger charge is -2.18. The fraction of sp³-hybridized carbons (Fsp3) is 0.846. The van der Waals surface area contributed by atoms with Gasteiger partial charge in [0.05, 0.1) is 7.11 Å². The molecule has 1 N–H and O–H groups in total. The maximum Gasteiger partial charge on any atom is 0.328 e. The molecular weight excluding hydrogens is 218 g/mol. The van der Waals surface area contributed by atoms with E-state index in [1.165, 1.54) is 7.11 Å². The van der Waals surface area contributed by atoms with Gasteiger partial charge in [0, 0.05) is 6.42 Å². The van der Waals surface area contributed by atoms with E-state index in [4.69, 9.17) is 0 Å². The van der Waals surface area contributed by atoms with Crippen molar-refractivity contribution in [2.24, 2.45) is 11.8 Å². The van der Waals surface area contributed by atoms with E-state index in [0.29, 0.717) is 24.7 Å². The highest BCUT2D eigenvalue weighted by molar-refractivity contribution is 5.84. The largest absolute Gasteiger partial charge is 0.467 e. The van der Waals surface area contributed by atoms with Crippen LogP contribution >= 0.6 is 0 Å². The summed E-state index contributed by atoms with van der Waals surface area (Å²) < 4.78 is 4.69. The van der Waals surface area contributed by atoms with Gasteiger partial charge in [-0.05, 0) is 24.7 Å². The van der Waals surface area contributed by atoms with Crippen LogP contribution in [0.1, 0.15) is 47.0 Å². The van der Waals surface area contributed by atoms with E-state index in [2.05, 4.69) is 23.9 Å². The lowest BCUT2D eigenvalue weighted by molar-refractivity contribution is -0.145. The molecule has 0 aliphatic heterocycles. The van der Waals surface area contributed by atoms with Crippen LogP contribution in [-0.4, -0.2) is 25.0 Å². The molecule has 0 aromatic heterocycles. The molecule has 4 heteroatoms. The van der Waals surface area contributed by atoms with Crippen molar-refractivity contribution in [1.82, 2.24) is 5.32 Å². The number of methoxy groups -OCH3 is 1. The number of ether oxygens (including phenoxy) is 1. The summed E-state index contributed by atoms with van der Waals surface area (Å²) in [6.07, 6.45) is 1.91. The fourth-order valence-corrected chi connectivity index (χ4v) is 1.51. The van der Waals surface area contributed by atoms with Crippen LogP contribution in [0.25, 0.3) is 0 Å². The second-order valence-corrected chi connectivity index (χ2v) is 5.21. The Morgan fingerprint density at radius 3 is 2.12 bits per heavy atom. The summed E-state index contributed by atoms with van der Waals surface area (Å²) in [6.45, 7) is 8.16. The zero-order chi connectivity index (χ0) is 13.4. The summed E-state index contributed by atoms with van der Waals surface area (Å²) in [4.78, 5) is 23.1. The van der Waals surface area contributed by atoms with Gasteiger partial charge in [0.2, 0.25) is 5.91 Å². The van der Waals surface area contributed by atoms with Crippen LogP contribution < -0.4 is 5.32 Å². The lowest BCUT2D eigenvalue weighted by atomic mass is 10.0. The molecule has 0 saturated carbocycles. The topological polar surface area (TPSA) is 55.4 Å². The molecule has 1 unspecified atom stereocenters. The van der Waals surface area contributed by atoms with Crippen LogP contribution in [0.3, 0.4) is 0 Å². The van der Waals surface area contributed by atoms with Gasteiger partial charge in [-0.25, -0.2) is 4.79 Å². The van der Waals surface area contributed by atoms with Gasteiger partial charge in [-0.1, -0.05) is 27.7 Å². The second-order valence-electron chi connectivity index (χ2n) is 5.21. The second kappa shape index (κ2) is 8.09. The average Bonchev–Trinajstić information content (AvgIpc) is 2.23.